The van der Waals surface area contributed by atoms with Crippen LogP contribution in [0, 0.1) is 11.6 Å². The molecule has 0 atom stereocenters. The van der Waals surface area contributed by atoms with Gasteiger partial charge < -0.3 is 15.4 Å². The van der Waals surface area contributed by atoms with Gasteiger partial charge in [-0.15, -0.1) is 24.0 Å². The number of ether oxygens (including phenoxy) is 1. The number of rotatable bonds is 9. The molecule has 5 nitrogen and oxygen atoms in total. The summed E-state index contributed by atoms with van der Waals surface area (Å²) in [6, 6.07) is 3.01. The molecule has 1 aromatic rings. The molecule has 0 aliphatic carbocycles. The smallest absolute Gasteiger partial charge is 0.401 e. The van der Waals surface area contributed by atoms with Gasteiger partial charge in [0.1, 0.15) is 12.4 Å². The Balaban J connectivity index is 0.00000676. The second kappa shape index (κ2) is 12.9. The van der Waals surface area contributed by atoms with Crippen LogP contribution in [0.3, 0.4) is 0 Å². The molecule has 0 aliphatic heterocycles. The van der Waals surface area contributed by atoms with Gasteiger partial charge in [-0.05, 0) is 26.1 Å². The first-order chi connectivity index (χ1) is 12.2. The summed E-state index contributed by atoms with van der Waals surface area (Å²) in [6.45, 7) is 2.11. The Morgan fingerprint density at radius 3 is 2.52 bits per heavy atom. The maximum Gasteiger partial charge on any atom is 0.401 e. The lowest BCUT2D eigenvalue weighted by Crippen LogP contribution is -2.40. The summed E-state index contributed by atoms with van der Waals surface area (Å²) in [5.74, 6) is -1.14. The van der Waals surface area contributed by atoms with E-state index in [1.165, 1.54) is 13.1 Å². The SMILES string of the molecule is CCNC(=NCCN(C)CC(F)(F)F)NCCOc1ccc(F)cc1F.I. The largest absolute Gasteiger partial charge is 0.489 e. The summed E-state index contributed by atoms with van der Waals surface area (Å²) in [7, 11) is 1.37. The quantitative estimate of drug-likeness (QED) is 0.177. The first-order valence-corrected chi connectivity index (χ1v) is 8.06. The van der Waals surface area contributed by atoms with Gasteiger partial charge in [-0.3, -0.25) is 9.89 Å². The molecule has 0 unspecified atom stereocenters. The van der Waals surface area contributed by atoms with Gasteiger partial charge in [-0.1, -0.05) is 0 Å². The van der Waals surface area contributed by atoms with Crippen molar-refractivity contribution < 1.29 is 26.7 Å². The standard InChI is InChI=1S/C16H23F5N4O.HI/c1-3-22-15(23-6-8-25(2)11-16(19,20)21)24-7-9-26-14-5-4-12(17)10-13(14)18;/h4-5,10H,3,6-9,11H2,1-2H3,(H2,22,23,24);1H. The normalized spacial score (nSPS) is 11.9. The fourth-order valence-electron chi connectivity index (χ4n) is 1.98. The lowest BCUT2D eigenvalue weighted by Gasteiger charge is -2.18. The fourth-order valence-corrected chi connectivity index (χ4v) is 1.98. The highest BCUT2D eigenvalue weighted by Gasteiger charge is 2.28. The van der Waals surface area contributed by atoms with Crippen LogP contribution in [0.1, 0.15) is 6.92 Å². The van der Waals surface area contributed by atoms with E-state index in [1.807, 2.05) is 6.92 Å². The highest BCUT2D eigenvalue weighted by Crippen LogP contribution is 2.17. The van der Waals surface area contributed by atoms with Gasteiger partial charge in [0, 0.05) is 19.2 Å². The maximum atomic E-state index is 13.4. The molecule has 0 saturated heterocycles. The van der Waals surface area contributed by atoms with Crippen LogP contribution < -0.4 is 15.4 Å². The molecule has 27 heavy (non-hydrogen) atoms. The average molecular weight is 510 g/mol. The van der Waals surface area contributed by atoms with Gasteiger partial charge in [0.15, 0.2) is 17.5 Å². The highest BCUT2D eigenvalue weighted by atomic mass is 127. The van der Waals surface area contributed by atoms with Crippen molar-refractivity contribution in [3.8, 4) is 5.75 Å². The Kier molecular flexibility index (Phi) is 12.3. The summed E-state index contributed by atoms with van der Waals surface area (Å²) in [5.41, 5.74) is 0. The number of halogens is 6. The molecule has 0 aliphatic rings. The van der Waals surface area contributed by atoms with Gasteiger partial charge >= 0.3 is 6.18 Å². The van der Waals surface area contributed by atoms with E-state index in [2.05, 4.69) is 15.6 Å². The van der Waals surface area contributed by atoms with Gasteiger partial charge in [0.2, 0.25) is 0 Å². The molecule has 1 rings (SSSR count). The van der Waals surface area contributed by atoms with E-state index in [4.69, 9.17) is 4.74 Å². The summed E-state index contributed by atoms with van der Waals surface area (Å²) < 4.78 is 68.1. The zero-order valence-corrected chi connectivity index (χ0v) is 17.4. The van der Waals surface area contributed by atoms with Crippen LogP contribution in [0.15, 0.2) is 23.2 Å². The summed E-state index contributed by atoms with van der Waals surface area (Å²) in [4.78, 5) is 5.30. The van der Waals surface area contributed by atoms with Crippen LogP contribution in [0.2, 0.25) is 0 Å². The predicted octanol–water partition coefficient (Wildman–Crippen LogP) is 3.01. The summed E-state index contributed by atoms with van der Waals surface area (Å²) >= 11 is 0. The lowest BCUT2D eigenvalue weighted by atomic mass is 10.3. The summed E-state index contributed by atoms with van der Waals surface area (Å²) in [5, 5.41) is 5.86. The van der Waals surface area contributed by atoms with Gasteiger partial charge in [-0.2, -0.15) is 13.2 Å². The summed E-state index contributed by atoms with van der Waals surface area (Å²) in [6.07, 6.45) is -4.24. The van der Waals surface area contributed by atoms with Crippen molar-refractivity contribution in [2.24, 2.45) is 4.99 Å². The van der Waals surface area contributed by atoms with E-state index < -0.39 is 24.4 Å². The van der Waals surface area contributed by atoms with E-state index in [0.29, 0.717) is 12.5 Å². The van der Waals surface area contributed by atoms with Gasteiger partial charge in [0.05, 0.1) is 19.6 Å². The van der Waals surface area contributed by atoms with Crippen LogP contribution in [0.25, 0.3) is 0 Å². The Morgan fingerprint density at radius 2 is 1.93 bits per heavy atom. The lowest BCUT2D eigenvalue weighted by molar-refractivity contribution is -0.142. The number of guanidine groups is 1. The van der Waals surface area contributed by atoms with E-state index in [9.17, 15) is 22.0 Å². The van der Waals surface area contributed by atoms with Crippen LogP contribution in [0.5, 0.6) is 5.75 Å². The van der Waals surface area contributed by atoms with Crippen LogP contribution in [-0.2, 0) is 0 Å². The van der Waals surface area contributed by atoms with Crippen LogP contribution >= 0.6 is 24.0 Å². The second-order valence-electron chi connectivity index (χ2n) is 5.46. The molecule has 0 heterocycles. The van der Waals surface area contributed by atoms with Gasteiger partial charge in [-0.25, -0.2) is 8.78 Å². The fraction of sp³-hybridized carbons (Fsp3) is 0.562. The average Bonchev–Trinajstić information content (AvgIpc) is 2.51. The van der Waals surface area contributed by atoms with E-state index in [-0.39, 0.29) is 56.0 Å². The molecule has 0 bridgehead atoms. The molecule has 2 N–H and O–H groups in total. The first-order valence-electron chi connectivity index (χ1n) is 8.06. The van der Waals surface area contributed by atoms with Crippen LogP contribution in [0.4, 0.5) is 22.0 Å². The predicted molar refractivity (Wildman–Crippen MR) is 105 cm³/mol. The minimum Gasteiger partial charge on any atom is -0.489 e. The third-order valence-electron chi connectivity index (χ3n) is 3.09. The monoisotopic (exact) mass is 510 g/mol. The van der Waals surface area contributed by atoms with Crippen molar-refractivity contribution in [1.82, 2.24) is 15.5 Å². The van der Waals surface area contributed by atoms with Crippen molar-refractivity contribution in [1.29, 1.82) is 0 Å². The Bertz CT molecular complexity index is 586. The molecule has 156 valence electrons. The van der Waals surface area contributed by atoms with Crippen molar-refractivity contribution in [3.05, 3.63) is 29.8 Å². The number of hydrogen-bond donors (Lipinski definition) is 2. The molecule has 11 heteroatoms. The Labute approximate surface area is 172 Å². The number of hydrogen-bond acceptors (Lipinski definition) is 3. The number of nitrogens with zero attached hydrogens (tertiary/aromatic N) is 2. The molecule has 0 amide bonds. The topological polar surface area (TPSA) is 48.9 Å². The van der Waals surface area contributed by atoms with E-state index >= 15 is 0 Å². The highest BCUT2D eigenvalue weighted by molar-refractivity contribution is 14.0. The zero-order chi connectivity index (χ0) is 19.6. The van der Waals surface area contributed by atoms with Gasteiger partial charge in [0.25, 0.3) is 0 Å². The molecule has 0 spiro atoms. The molecular weight excluding hydrogens is 486 g/mol. The Hall–Kier alpha value is -1.37. The number of nitrogens with one attached hydrogen (secondary N) is 2. The molecule has 0 radical (unpaired) electrons. The molecule has 1 aromatic carbocycles. The third-order valence-corrected chi connectivity index (χ3v) is 3.09. The molecule has 0 fully saturated rings. The van der Waals surface area contributed by atoms with Crippen LogP contribution in [-0.4, -0.2) is 63.4 Å². The molecule has 0 aromatic heterocycles. The molecule has 0 saturated carbocycles. The van der Waals surface area contributed by atoms with Crippen molar-refractivity contribution >= 4 is 29.9 Å². The minimum absolute atomic E-state index is 0. The van der Waals surface area contributed by atoms with E-state index in [0.717, 1.165) is 17.0 Å². The van der Waals surface area contributed by atoms with Crippen molar-refractivity contribution in [2.45, 2.75) is 13.1 Å². The maximum absolute atomic E-state index is 13.4. The third kappa shape index (κ3) is 11.8. The number of benzene rings is 1. The first kappa shape index (κ1) is 25.6. The van der Waals surface area contributed by atoms with Crippen molar-refractivity contribution in [2.75, 3.05) is 46.4 Å². The number of aliphatic imine (C=N–C) groups is 1. The minimum atomic E-state index is -4.24. The zero-order valence-electron chi connectivity index (χ0n) is 15.1. The van der Waals surface area contributed by atoms with Crippen molar-refractivity contribution in [3.63, 3.8) is 0 Å². The second-order valence-corrected chi connectivity index (χ2v) is 5.46. The number of likely N-dealkylation sites (N-methyl/N-ethyl adjacent to an activating group) is 1. The number of alkyl halides is 3. The molecular formula is C16H24F5IN4O. The van der Waals surface area contributed by atoms with E-state index in [1.54, 1.807) is 0 Å². The Morgan fingerprint density at radius 1 is 1.22 bits per heavy atom.